The van der Waals surface area contributed by atoms with Crippen LogP contribution in [0.4, 0.5) is 5.69 Å². The van der Waals surface area contributed by atoms with Crippen LogP contribution in [-0.2, 0) is 51.1 Å². The molecular weight excluding hydrogens is 829 g/mol. The van der Waals surface area contributed by atoms with Crippen LogP contribution in [0.1, 0.15) is 84.6 Å². The zero-order chi connectivity index (χ0) is 46.7. The molecule has 0 spiro atoms. The minimum atomic E-state index is -1.05. The Kier molecular flexibility index (Phi) is 14.7. The largest absolute Gasteiger partial charge is 0.464 e. The van der Waals surface area contributed by atoms with Crippen molar-refractivity contribution in [2.75, 3.05) is 65.0 Å². The number of anilines is 1. The van der Waals surface area contributed by atoms with Gasteiger partial charge in [0.05, 0.1) is 42.7 Å². The van der Waals surface area contributed by atoms with Crippen LogP contribution in [0.25, 0.3) is 22.2 Å². The van der Waals surface area contributed by atoms with E-state index >= 15 is 0 Å². The summed E-state index contributed by atoms with van der Waals surface area (Å²) in [5.74, 6) is -2.57. The Bertz CT molecular complexity index is 2270. The first kappa shape index (κ1) is 47.6. The van der Waals surface area contributed by atoms with E-state index in [0.29, 0.717) is 65.0 Å². The summed E-state index contributed by atoms with van der Waals surface area (Å²) in [5.41, 5.74) is 8.75. The van der Waals surface area contributed by atoms with Crippen LogP contribution in [0.5, 0.6) is 0 Å². The summed E-state index contributed by atoms with van der Waals surface area (Å²) in [6.45, 7) is 19.0. The van der Waals surface area contributed by atoms with Gasteiger partial charge in [-0.1, -0.05) is 34.3 Å². The lowest BCUT2D eigenvalue weighted by molar-refractivity contribution is -0.156. The summed E-state index contributed by atoms with van der Waals surface area (Å²) >= 11 is 0. The van der Waals surface area contributed by atoms with Gasteiger partial charge in [0.2, 0.25) is 17.7 Å². The molecule has 7 rings (SSSR count). The van der Waals surface area contributed by atoms with Gasteiger partial charge in [-0.2, -0.15) is 0 Å². The second kappa shape index (κ2) is 20.0. The molecule has 6 bridgehead atoms. The molecule has 352 valence electrons. The lowest BCUT2D eigenvalue weighted by Gasteiger charge is -2.39. The number of pyridine rings is 1. The fourth-order valence-electron chi connectivity index (χ4n) is 10.2. The number of aryl methyl sites for hydroxylation is 1. The highest BCUT2D eigenvalue weighted by molar-refractivity contribution is 5.95. The lowest BCUT2D eigenvalue weighted by Crippen LogP contribution is -2.62. The van der Waals surface area contributed by atoms with E-state index in [-0.39, 0.29) is 43.4 Å². The van der Waals surface area contributed by atoms with E-state index in [2.05, 4.69) is 71.8 Å². The van der Waals surface area contributed by atoms with Crippen molar-refractivity contribution in [1.82, 2.24) is 35.1 Å². The number of benzene rings is 1. The molecule has 2 aromatic heterocycles. The van der Waals surface area contributed by atoms with Gasteiger partial charge in [-0.05, 0) is 87.4 Å². The van der Waals surface area contributed by atoms with Gasteiger partial charge in [-0.3, -0.25) is 34.0 Å². The molecule has 0 saturated carbocycles. The van der Waals surface area contributed by atoms with E-state index in [0.717, 1.165) is 39.1 Å². The van der Waals surface area contributed by atoms with E-state index in [9.17, 15) is 24.0 Å². The summed E-state index contributed by atoms with van der Waals surface area (Å²) in [4.78, 5) is 79.4. The number of hydrogen-bond acceptors (Lipinski definition) is 11. The van der Waals surface area contributed by atoms with Crippen molar-refractivity contribution in [2.45, 2.75) is 111 Å². The van der Waals surface area contributed by atoms with Crippen molar-refractivity contribution in [3.63, 3.8) is 0 Å². The smallest absolute Gasteiger partial charge is 0.324 e. The third kappa shape index (κ3) is 10.1. The molecule has 16 nitrogen and oxygen atoms in total. The number of hydrazine groups is 1. The summed E-state index contributed by atoms with van der Waals surface area (Å²) in [6, 6.07) is 7.87. The molecule has 1 aromatic carbocycles. The monoisotopic (exact) mass is 897 g/mol. The summed E-state index contributed by atoms with van der Waals surface area (Å²) in [5, 5.41) is 5.58. The maximum Gasteiger partial charge on any atom is 0.324 e. The number of carbonyl (C=O) groups excluding carboxylic acids is 5. The first-order chi connectivity index (χ1) is 31.0. The van der Waals surface area contributed by atoms with E-state index < -0.39 is 53.3 Å². The van der Waals surface area contributed by atoms with Crippen molar-refractivity contribution >= 4 is 46.2 Å². The highest BCUT2D eigenvalue weighted by atomic mass is 16.5. The second-order valence-corrected chi connectivity index (χ2v) is 19.2. The molecule has 0 aliphatic carbocycles. The van der Waals surface area contributed by atoms with Gasteiger partial charge in [0.25, 0.3) is 5.91 Å². The normalized spacial score (nSPS) is 23.7. The number of methoxy groups -OCH3 is 1. The van der Waals surface area contributed by atoms with E-state index in [4.69, 9.17) is 19.2 Å². The number of aromatic nitrogens is 2. The number of nitrogens with zero attached hydrogens (tertiary/aromatic N) is 6. The van der Waals surface area contributed by atoms with Crippen LogP contribution < -0.4 is 15.6 Å². The maximum absolute atomic E-state index is 14.7. The Hall–Kier alpha value is -5.32. The highest BCUT2D eigenvalue weighted by Gasteiger charge is 2.41. The van der Waals surface area contributed by atoms with Crippen LogP contribution in [0.3, 0.4) is 0 Å². The molecule has 16 heteroatoms. The van der Waals surface area contributed by atoms with Crippen LogP contribution in [0.2, 0.25) is 0 Å². The molecule has 6 atom stereocenters. The Balaban J connectivity index is 1.24. The van der Waals surface area contributed by atoms with Crippen molar-refractivity contribution in [2.24, 2.45) is 17.3 Å². The number of amides is 4. The van der Waals surface area contributed by atoms with Crippen molar-refractivity contribution in [3.05, 3.63) is 60.4 Å². The van der Waals surface area contributed by atoms with Crippen LogP contribution in [-0.4, -0.2) is 138 Å². The number of fused-ring (bicyclic) bond motifs is 6. The minimum Gasteiger partial charge on any atom is -0.464 e. The quantitative estimate of drug-likeness (QED) is 0.215. The number of cyclic esters (lactones) is 1. The first-order valence-corrected chi connectivity index (χ1v) is 23.3. The van der Waals surface area contributed by atoms with Gasteiger partial charge in [0.15, 0.2) is 0 Å². The molecule has 65 heavy (non-hydrogen) atoms. The second-order valence-electron chi connectivity index (χ2n) is 19.2. The Morgan fingerprint density at radius 2 is 1.89 bits per heavy atom. The molecular formula is C49H68N8O8. The predicted octanol–water partition coefficient (Wildman–Crippen LogP) is 4.65. The topological polar surface area (TPSA) is 168 Å². The highest BCUT2D eigenvalue weighted by Crippen LogP contribution is 2.42. The van der Waals surface area contributed by atoms with E-state index in [1.807, 2.05) is 26.8 Å². The van der Waals surface area contributed by atoms with Crippen LogP contribution in [0.15, 0.2) is 49.2 Å². The first-order valence-electron chi connectivity index (χ1n) is 23.3. The average molecular weight is 897 g/mol. The van der Waals surface area contributed by atoms with Gasteiger partial charge in [0.1, 0.15) is 18.1 Å². The lowest BCUT2D eigenvalue weighted by atomic mass is 9.84. The SMILES string of the molecule is C=CC(=O)N1CC[C@H](C(=O)N(C)[C@H](C(=O)NC2C[C@@H]3CN(CCO3)c3ccc4c(c3)c(c(-c3cccnc3[C@H](C)OC)n4CC)CC(C)(C)COC(=O)[C@@H]3CCCN(N3)C2=O)C(C)C)C1. The van der Waals surface area contributed by atoms with Crippen LogP contribution in [0, 0.1) is 17.3 Å². The van der Waals surface area contributed by atoms with Crippen molar-refractivity contribution in [1.29, 1.82) is 0 Å². The predicted molar refractivity (Wildman–Crippen MR) is 247 cm³/mol. The van der Waals surface area contributed by atoms with Gasteiger partial charge in [-0.15, -0.1) is 0 Å². The molecule has 0 radical (unpaired) electrons. The molecule has 4 aliphatic rings. The maximum atomic E-state index is 14.7. The molecule has 3 saturated heterocycles. The average Bonchev–Trinajstić information content (AvgIpc) is 3.92. The van der Waals surface area contributed by atoms with Gasteiger partial charge < -0.3 is 38.8 Å². The number of hydrogen-bond donors (Lipinski definition) is 2. The summed E-state index contributed by atoms with van der Waals surface area (Å²) < 4.78 is 20.7. The number of ether oxygens (including phenoxy) is 3. The molecule has 2 N–H and O–H groups in total. The van der Waals surface area contributed by atoms with E-state index in [1.54, 1.807) is 25.3 Å². The zero-order valence-corrected chi connectivity index (χ0v) is 39.4. The number of rotatable bonds is 10. The number of carbonyl (C=O) groups is 5. The summed E-state index contributed by atoms with van der Waals surface area (Å²) in [7, 11) is 3.30. The molecule has 6 heterocycles. The molecule has 4 amide bonds. The fourth-order valence-corrected chi connectivity index (χ4v) is 10.2. The number of likely N-dealkylation sites (N-methyl/N-ethyl adjacent to an activating group) is 1. The Labute approximate surface area is 382 Å². The molecule has 3 fully saturated rings. The van der Waals surface area contributed by atoms with E-state index in [1.165, 1.54) is 16.0 Å². The number of esters is 1. The molecule has 3 aromatic rings. The van der Waals surface area contributed by atoms with Gasteiger partial charge >= 0.3 is 5.97 Å². The minimum absolute atomic E-state index is 0.139. The van der Waals surface area contributed by atoms with Crippen molar-refractivity contribution in [3.8, 4) is 11.3 Å². The number of likely N-dealkylation sites (tertiary alicyclic amines) is 1. The molecule has 4 aliphatic heterocycles. The Morgan fingerprint density at radius 1 is 1.11 bits per heavy atom. The number of morpholine rings is 1. The van der Waals surface area contributed by atoms with Crippen molar-refractivity contribution < 1.29 is 38.2 Å². The third-order valence-corrected chi connectivity index (χ3v) is 13.6. The fraction of sp³-hybridized carbons (Fsp3) is 0.592. The standard InChI is InChI=1S/C49H68N8O8/c1-10-41(58)55-21-18-32(27-55)46(60)53(8)43(30(3)4)45(59)51-39-25-34-28-54(22-23-64-34)33-16-17-40-36(24-33)37(44(56(40)11-2)35-14-12-19-50-42(35)31(5)63-9)26-49(6,7)29-65-48(62)38-15-13-20-57(52-38)47(39)61/h10,12,14,16-17,19,24,30-32,34,38-39,43,52H,1,11,13,15,18,20-23,25-29H2,2-9H3,(H,51,59)/t31-,32-,34+,38-,39?,43-/m0/s1. The third-order valence-electron chi connectivity index (χ3n) is 13.6. The molecule has 1 unspecified atom stereocenters. The van der Waals surface area contributed by atoms with Gasteiger partial charge in [-0.25, -0.2) is 5.43 Å². The number of nitrogens with one attached hydrogen (secondary N) is 2. The Morgan fingerprint density at radius 3 is 2.62 bits per heavy atom. The van der Waals surface area contributed by atoms with Crippen LogP contribution >= 0.6 is 0 Å². The van der Waals surface area contributed by atoms with Gasteiger partial charge in [0, 0.05) is 93.6 Å². The zero-order valence-electron chi connectivity index (χ0n) is 39.4. The summed E-state index contributed by atoms with van der Waals surface area (Å²) in [6.07, 6.45) is 4.57.